The predicted molar refractivity (Wildman–Crippen MR) is 41.5 cm³/mol. The first-order valence-corrected chi connectivity index (χ1v) is 3.20. The van der Waals surface area contributed by atoms with E-state index in [1.54, 1.807) is 13.8 Å². The molecule has 0 aliphatic carbocycles. The van der Waals surface area contributed by atoms with Gasteiger partial charge in [-0.25, -0.2) is 0 Å². The van der Waals surface area contributed by atoms with Gasteiger partial charge in [-0.05, 0) is 13.8 Å². The Balaban J connectivity index is 3.78. The molecule has 55 valence electrons. The van der Waals surface area contributed by atoms with Gasteiger partial charge in [0.05, 0.1) is 0 Å². The number of carbonyl (C=O) groups excluding carboxylic acids is 1. The fraction of sp³-hybridized carbons (Fsp3) is 0.571. The monoisotopic (exact) mass is 157 g/mol. The molecule has 0 aliphatic heterocycles. The Hall–Kier alpha value is -0.620. The molecule has 0 saturated heterocycles. The van der Waals surface area contributed by atoms with Crippen molar-refractivity contribution in [2.24, 2.45) is 0 Å². The smallest absolute Gasteiger partial charge is 0.323 e. The van der Waals surface area contributed by atoms with Gasteiger partial charge in [0.15, 0.2) is 6.61 Å². The van der Waals surface area contributed by atoms with E-state index in [1.165, 1.54) is 0 Å². The normalized spacial score (nSPS) is 10.2. The van der Waals surface area contributed by atoms with Crippen LogP contribution in [0.25, 0.3) is 0 Å². The zero-order valence-electron chi connectivity index (χ0n) is 6.01. The third-order valence-corrected chi connectivity index (χ3v) is 0.945. The fourth-order valence-corrected chi connectivity index (χ4v) is 0.340. The van der Waals surface area contributed by atoms with Crippen LogP contribution in [0.1, 0.15) is 13.8 Å². The van der Waals surface area contributed by atoms with Gasteiger partial charge in [-0.3, -0.25) is 4.79 Å². The van der Waals surface area contributed by atoms with Gasteiger partial charge >= 0.3 is 5.97 Å². The van der Waals surface area contributed by atoms with E-state index >= 15 is 0 Å². The summed E-state index contributed by atoms with van der Waals surface area (Å²) in [4.78, 5) is 10.8. The first-order valence-electron chi connectivity index (χ1n) is 2.79. The largest absolute Gasteiger partial charge is 0.451 e. The van der Waals surface area contributed by atoms with Gasteiger partial charge in [-0.1, -0.05) is 18.5 Å². The van der Waals surface area contributed by atoms with Crippen molar-refractivity contribution in [3.05, 3.63) is 0 Å². The minimum absolute atomic E-state index is 0.00109. The molecular formula is C7H9O2S. The maximum absolute atomic E-state index is 10.8. The highest BCUT2D eigenvalue weighted by Gasteiger charge is 2.24. The molecule has 3 heteroatoms. The second-order valence-electron chi connectivity index (χ2n) is 2.29. The van der Waals surface area contributed by atoms with Gasteiger partial charge < -0.3 is 4.74 Å². The molecule has 0 atom stereocenters. The minimum Gasteiger partial charge on any atom is -0.451 e. The van der Waals surface area contributed by atoms with Crippen LogP contribution in [0.15, 0.2) is 0 Å². The SMILES string of the molecule is C#CCOC(=O)C(C)(C)[S]. The van der Waals surface area contributed by atoms with Crippen LogP contribution in [-0.4, -0.2) is 17.3 Å². The van der Waals surface area contributed by atoms with Gasteiger partial charge in [-0.15, -0.1) is 6.42 Å². The molecule has 0 aromatic heterocycles. The Morgan fingerprint density at radius 3 is 2.60 bits per heavy atom. The lowest BCUT2D eigenvalue weighted by Gasteiger charge is -2.12. The van der Waals surface area contributed by atoms with Crippen molar-refractivity contribution in [2.45, 2.75) is 18.6 Å². The van der Waals surface area contributed by atoms with Crippen molar-refractivity contribution >= 4 is 18.6 Å². The molecule has 0 heterocycles. The molecule has 0 amide bonds. The molecule has 0 aromatic rings. The molecule has 0 aromatic carbocycles. The zero-order valence-corrected chi connectivity index (χ0v) is 6.83. The second-order valence-corrected chi connectivity index (χ2v) is 3.31. The Morgan fingerprint density at radius 2 is 2.30 bits per heavy atom. The van der Waals surface area contributed by atoms with Gasteiger partial charge in [0.1, 0.15) is 4.75 Å². The third kappa shape index (κ3) is 3.41. The van der Waals surface area contributed by atoms with E-state index in [0.717, 1.165) is 0 Å². The number of rotatable bonds is 2. The van der Waals surface area contributed by atoms with Crippen LogP contribution in [0, 0.1) is 12.3 Å². The lowest BCUT2D eigenvalue weighted by molar-refractivity contribution is -0.144. The number of esters is 1. The van der Waals surface area contributed by atoms with Gasteiger partial charge in [0, 0.05) is 0 Å². The summed E-state index contributed by atoms with van der Waals surface area (Å²) in [7, 11) is 0. The molecule has 0 rings (SSSR count). The topological polar surface area (TPSA) is 26.3 Å². The van der Waals surface area contributed by atoms with Crippen LogP contribution in [-0.2, 0) is 9.53 Å². The maximum Gasteiger partial charge on any atom is 0.323 e. The summed E-state index contributed by atoms with van der Waals surface area (Å²) in [5.41, 5.74) is 0. The van der Waals surface area contributed by atoms with Crippen LogP contribution in [0.3, 0.4) is 0 Å². The first-order chi connectivity index (χ1) is 4.48. The van der Waals surface area contributed by atoms with Crippen LogP contribution >= 0.6 is 12.6 Å². The number of hydrogen-bond acceptors (Lipinski definition) is 2. The summed E-state index contributed by atoms with van der Waals surface area (Å²) < 4.78 is 3.71. The zero-order chi connectivity index (χ0) is 8.20. The maximum atomic E-state index is 10.8. The fourth-order valence-electron chi connectivity index (χ4n) is 0.281. The predicted octanol–water partition coefficient (Wildman–Crippen LogP) is 1.14. The van der Waals surface area contributed by atoms with Crippen molar-refractivity contribution in [3.63, 3.8) is 0 Å². The number of hydrogen-bond donors (Lipinski definition) is 0. The number of terminal acetylenes is 1. The second kappa shape index (κ2) is 3.52. The Morgan fingerprint density at radius 1 is 1.80 bits per heavy atom. The van der Waals surface area contributed by atoms with Crippen molar-refractivity contribution in [2.75, 3.05) is 6.61 Å². The molecule has 0 N–H and O–H groups in total. The van der Waals surface area contributed by atoms with Crippen molar-refractivity contribution in [3.8, 4) is 12.3 Å². The average Bonchev–Trinajstić information content (AvgIpc) is 1.80. The van der Waals surface area contributed by atoms with Crippen LogP contribution < -0.4 is 0 Å². The van der Waals surface area contributed by atoms with Crippen molar-refractivity contribution in [1.82, 2.24) is 0 Å². The molecule has 2 nitrogen and oxygen atoms in total. The molecule has 10 heavy (non-hydrogen) atoms. The van der Waals surface area contributed by atoms with E-state index in [-0.39, 0.29) is 6.61 Å². The van der Waals surface area contributed by atoms with E-state index in [4.69, 9.17) is 19.1 Å². The first kappa shape index (κ1) is 9.38. The molecule has 1 radical (unpaired) electrons. The summed E-state index contributed by atoms with van der Waals surface area (Å²) in [5, 5.41) is 0. The summed E-state index contributed by atoms with van der Waals surface area (Å²) in [6, 6.07) is 0. The highest BCUT2D eigenvalue weighted by Crippen LogP contribution is 2.13. The average molecular weight is 157 g/mol. The van der Waals surface area contributed by atoms with E-state index in [9.17, 15) is 4.79 Å². The Labute approximate surface area is 66.4 Å². The molecule has 0 aliphatic rings. The van der Waals surface area contributed by atoms with E-state index in [1.807, 2.05) is 0 Å². The summed E-state index contributed by atoms with van der Waals surface area (Å²) in [5.74, 6) is 1.74. The van der Waals surface area contributed by atoms with E-state index in [0.29, 0.717) is 0 Å². The van der Waals surface area contributed by atoms with E-state index in [2.05, 4.69) is 10.7 Å². The lowest BCUT2D eigenvalue weighted by Crippen LogP contribution is -2.27. The molecule has 0 bridgehead atoms. The molecule has 0 unspecified atom stereocenters. The van der Waals surface area contributed by atoms with Gasteiger partial charge in [0.25, 0.3) is 0 Å². The summed E-state index contributed by atoms with van der Waals surface area (Å²) >= 11 is 4.78. The number of ether oxygens (including phenoxy) is 1. The molecule has 0 fully saturated rings. The van der Waals surface area contributed by atoms with Gasteiger partial charge in [0.2, 0.25) is 0 Å². The standard InChI is InChI=1S/C7H9O2S/c1-4-5-9-6(8)7(2,3)10/h1H,5H2,2-3H3. The Bertz CT molecular complexity index is 161. The van der Waals surface area contributed by atoms with Crippen LogP contribution in [0.4, 0.5) is 0 Å². The van der Waals surface area contributed by atoms with E-state index < -0.39 is 10.7 Å². The number of carbonyl (C=O) groups is 1. The lowest BCUT2D eigenvalue weighted by atomic mass is 10.2. The summed E-state index contributed by atoms with van der Waals surface area (Å²) in [6.07, 6.45) is 4.86. The molecular weight excluding hydrogens is 148 g/mol. The summed E-state index contributed by atoms with van der Waals surface area (Å²) in [6.45, 7) is 3.20. The molecule has 0 saturated carbocycles. The highest BCUT2D eigenvalue weighted by atomic mass is 32.1. The molecule has 0 spiro atoms. The van der Waals surface area contributed by atoms with Crippen LogP contribution in [0.5, 0.6) is 0 Å². The van der Waals surface area contributed by atoms with Gasteiger partial charge in [-0.2, -0.15) is 0 Å². The minimum atomic E-state index is -0.864. The quantitative estimate of drug-likeness (QED) is 0.444. The van der Waals surface area contributed by atoms with Crippen LogP contribution in [0.2, 0.25) is 0 Å². The van der Waals surface area contributed by atoms with Crippen molar-refractivity contribution < 1.29 is 9.53 Å². The van der Waals surface area contributed by atoms with Crippen molar-refractivity contribution in [1.29, 1.82) is 0 Å². The third-order valence-electron chi connectivity index (χ3n) is 0.778. The Kier molecular flexibility index (Phi) is 3.31. The highest BCUT2D eigenvalue weighted by molar-refractivity contribution is 7.82.